The Hall–Kier alpha value is 0.220. The molecule has 140 valence electrons. The number of halogens is 2. The summed E-state index contributed by atoms with van der Waals surface area (Å²) in [5, 5.41) is 0. The maximum atomic E-state index is 5.54. The van der Waals surface area contributed by atoms with Gasteiger partial charge in [0.1, 0.15) is 0 Å². The van der Waals surface area contributed by atoms with Crippen LogP contribution < -0.4 is 29.6 Å². The molecule has 2 heterocycles. The first-order valence-electron chi connectivity index (χ1n) is 6.44. The van der Waals surface area contributed by atoms with Gasteiger partial charge in [0.25, 0.3) is 0 Å². The van der Waals surface area contributed by atoms with Crippen LogP contribution in [0, 0.1) is 13.8 Å². The zero-order valence-corrected chi connectivity index (χ0v) is 18.8. The van der Waals surface area contributed by atoms with E-state index in [1.807, 2.05) is 50.0 Å². The van der Waals surface area contributed by atoms with Gasteiger partial charge >= 0.3 is 29.6 Å². The van der Waals surface area contributed by atoms with Crippen molar-refractivity contribution in [3.63, 3.8) is 0 Å². The second kappa shape index (κ2) is 24.2. The van der Waals surface area contributed by atoms with E-state index in [1.165, 1.54) is 5.56 Å². The SMILES string of the molecule is C.C.CSCc1ccc(C)nc1.C[S-].Cc1ccc(CCl)cn1.F.[Na+]. The summed E-state index contributed by atoms with van der Waals surface area (Å²) in [6, 6.07) is 8.11. The minimum absolute atomic E-state index is 0. The van der Waals surface area contributed by atoms with Gasteiger partial charge in [-0.15, -0.1) is 11.6 Å². The van der Waals surface area contributed by atoms with Crippen molar-refractivity contribution >= 4 is 36.0 Å². The number of pyridine rings is 2. The Balaban J connectivity index is -0.0000000848. The van der Waals surface area contributed by atoms with Crippen LogP contribution in [0.5, 0.6) is 0 Å². The van der Waals surface area contributed by atoms with E-state index >= 15 is 0 Å². The van der Waals surface area contributed by atoms with Crippen LogP contribution >= 0.6 is 23.4 Å². The van der Waals surface area contributed by atoms with Gasteiger partial charge in [-0.05, 0) is 43.4 Å². The monoisotopic (exact) mass is 416 g/mol. The van der Waals surface area contributed by atoms with E-state index in [4.69, 9.17) is 11.6 Å². The van der Waals surface area contributed by atoms with Crippen molar-refractivity contribution in [2.75, 3.05) is 12.5 Å². The van der Waals surface area contributed by atoms with Crippen LogP contribution in [-0.4, -0.2) is 22.5 Å². The smallest absolute Gasteiger partial charge is 0.796 e. The molecule has 0 aliphatic heterocycles. The predicted octanol–water partition coefficient (Wildman–Crippen LogP) is 2.97. The Morgan fingerprint density at radius 3 is 1.60 bits per heavy atom. The molecule has 0 radical (unpaired) electrons. The number of rotatable bonds is 3. The average molecular weight is 417 g/mol. The molecule has 2 aromatic heterocycles. The summed E-state index contributed by atoms with van der Waals surface area (Å²) >= 11 is 11.4. The van der Waals surface area contributed by atoms with Crippen molar-refractivity contribution in [3.8, 4) is 0 Å². The number of hydrogen-bond donors (Lipinski definition) is 0. The third kappa shape index (κ3) is 18.8. The van der Waals surface area contributed by atoms with Gasteiger partial charge in [0.05, 0.1) is 0 Å². The molecule has 2 aromatic rings. The minimum atomic E-state index is 0. The van der Waals surface area contributed by atoms with E-state index in [9.17, 15) is 0 Å². The van der Waals surface area contributed by atoms with Crippen LogP contribution in [0.25, 0.3) is 0 Å². The number of thioether (sulfide) groups is 1. The molecule has 0 saturated carbocycles. The van der Waals surface area contributed by atoms with Gasteiger partial charge < -0.3 is 12.6 Å². The Morgan fingerprint density at radius 2 is 1.32 bits per heavy atom. The summed E-state index contributed by atoms with van der Waals surface area (Å²) in [6.07, 6.45) is 7.41. The van der Waals surface area contributed by atoms with Crippen LogP contribution in [-0.2, 0) is 24.3 Å². The summed E-state index contributed by atoms with van der Waals surface area (Å²) in [5.41, 5.74) is 4.49. The van der Waals surface area contributed by atoms with Gasteiger partial charge in [0.15, 0.2) is 0 Å². The Bertz CT molecular complexity index is 485. The Labute approximate surface area is 191 Å². The summed E-state index contributed by atoms with van der Waals surface area (Å²) in [7, 11) is 0. The molecule has 0 atom stereocenters. The fourth-order valence-electron chi connectivity index (χ4n) is 1.33. The maximum Gasteiger partial charge on any atom is 1.00 e. The van der Waals surface area contributed by atoms with E-state index in [1.54, 1.807) is 12.5 Å². The number of alkyl halides is 1. The van der Waals surface area contributed by atoms with Gasteiger partial charge in [0, 0.05) is 35.4 Å². The minimum Gasteiger partial charge on any atom is -0.796 e. The first-order chi connectivity index (χ1) is 10.2. The standard InChI is InChI=1S/C8H11NS.C7H8ClN.CH4S.2CH4.FH.Na/c1-7-3-4-8(5-9-7)6-10-2;1-6-2-3-7(4-8)5-9-6;1-2;;;;/h3-5H,6H2,1-2H3;2-3,5H,4H2,1H3;2H,1H3;2*1H4;1H;/q;;;;;;+1/p-1. The van der Waals surface area contributed by atoms with Gasteiger partial charge in [-0.3, -0.25) is 14.7 Å². The quantitative estimate of drug-likeness (QED) is 0.436. The largest absolute Gasteiger partial charge is 1.00 e. The van der Waals surface area contributed by atoms with Crippen LogP contribution in [0.1, 0.15) is 37.4 Å². The molecule has 2 rings (SSSR count). The topological polar surface area (TPSA) is 25.8 Å². The number of aromatic nitrogens is 2. The number of aryl methyl sites for hydroxylation is 2. The van der Waals surface area contributed by atoms with Crippen molar-refractivity contribution < 1.29 is 34.3 Å². The Kier molecular flexibility index (Phi) is 35.1. The molecule has 0 saturated heterocycles. The van der Waals surface area contributed by atoms with E-state index in [2.05, 4.69) is 34.9 Å². The fourth-order valence-corrected chi connectivity index (χ4v) is 1.99. The van der Waals surface area contributed by atoms with E-state index in [-0.39, 0.29) is 49.1 Å². The molecule has 0 unspecified atom stereocenters. The summed E-state index contributed by atoms with van der Waals surface area (Å²) in [4.78, 5) is 8.25. The van der Waals surface area contributed by atoms with Crippen molar-refractivity contribution in [1.82, 2.24) is 9.97 Å². The molecule has 0 bridgehead atoms. The molecule has 0 spiro atoms. The predicted molar refractivity (Wildman–Crippen MR) is 114 cm³/mol. The number of nitrogens with zero attached hydrogens (tertiary/aromatic N) is 2. The Morgan fingerprint density at radius 1 is 0.920 bits per heavy atom. The van der Waals surface area contributed by atoms with Gasteiger partial charge in [-0.25, -0.2) is 0 Å². The van der Waals surface area contributed by atoms with Crippen LogP contribution in [0.15, 0.2) is 36.7 Å². The van der Waals surface area contributed by atoms with Crippen molar-refractivity contribution in [3.05, 3.63) is 59.2 Å². The first-order valence-corrected chi connectivity index (χ1v) is 9.19. The molecule has 0 aliphatic rings. The fraction of sp³-hybridized carbons (Fsp3) is 0.444. The summed E-state index contributed by atoms with van der Waals surface area (Å²) in [6.45, 7) is 3.96. The molecule has 0 aliphatic carbocycles. The zero-order valence-electron chi connectivity index (χ0n) is 14.4. The molecule has 0 amide bonds. The van der Waals surface area contributed by atoms with Crippen LogP contribution in [0.4, 0.5) is 4.70 Å². The second-order valence-corrected chi connectivity index (χ2v) is 5.32. The molecule has 0 aromatic carbocycles. The summed E-state index contributed by atoms with van der Waals surface area (Å²) in [5.74, 6) is 1.61. The van der Waals surface area contributed by atoms with Gasteiger partial charge in [-0.1, -0.05) is 27.0 Å². The van der Waals surface area contributed by atoms with E-state index in [0.29, 0.717) is 5.88 Å². The van der Waals surface area contributed by atoms with E-state index in [0.717, 1.165) is 22.7 Å². The summed E-state index contributed by atoms with van der Waals surface area (Å²) < 4.78 is 0. The molecular weight excluding hydrogens is 386 g/mol. The molecular formula is C18H31ClFN2NaS2. The molecule has 0 fully saturated rings. The molecule has 25 heavy (non-hydrogen) atoms. The zero-order chi connectivity index (χ0) is 16.1. The van der Waals surface area contributed by atoms with Gasteiger partial charge in [0.2, 0.25) is 0 Å². The maximum absolute atomic E-state index is 5.54. The molecule has 0 N–H and O–H groups in total. The van der Waals surface area contributed by atoms with Crippen molar-refractivity contribution in [1.29, 1.82) is 0 Å². The second-order valence-electron chi connectivity index (χ2n) is 4.18. The van der Waals surface area contributed by atoms with Crippen LogP contribution in [0.3, 0.4) is 0 Å². The van der Waals surface area contributed by atoms with Crippen molar-refractivity contribution in [2.24, 2.45) is 0 Å². The molecule has 7 heteroatoms. The third-order valence-corrected chi connectivity index (χ3v) is 3.34. The molecule has 2 nitrogen and oxygen atoms in total. The first kappa shape index (κ1) is 36.2. The third-order valence-electron chi connectivity index (χ3n) is 2.41. The normalized spacial score (nSPS) is 7.60. The van der Waals surface area contributed by atoms with Crippen molar-refractivity contribution in [2.45, 2.75) is 40.3 Å². The number of hydrogen-bond acceptors (Lipinski definition) is 4. The van der Waals surface area contributed by atoms with Gasteiger partial charge in [-0.2, -0.15) is 18.0 Å². The van der Waals surface area contributed by atoms with Crippen LogP contribution in [0.2, 0.25) is 0 Å². The average Bonchev–Trinajstić information content (AvgIpc) is 2.53. The van der Waals surface area contributed by atoms with E-state index < -0.39 is 0 Å².